The van der Waals surface area contributed by atoms with Crippen LogP contribution >= 0.6 is 0 Å². The monoisotopic (exact) mass is 409 g/mol. The van der Waals surface area contributed by atoms with E-state index < -0.39 is 0 Å². The van der Waals surface area contributed by atoms with Crippen molar-refractivity contribution >= 4 is 11.6 Å². The zero-order chi connectivity index (χ0) is 21.2. The van der Waals surface area contributed by atoms with Gasteiger partial charge < -0.3 is 14.8 Å². The van der Waals surface area contributed by atoms with Gasteiger partial charge in [-0.2, -0.15) is 5.26 Å². The van der Waals surface area contributed by atoms with Crippen molar-refractivity contribution < 1.29 is 14.3 Å². The van der Waals surface area contributed by atoms with Crippen LogP contribution in [0.4, 0.5) is 5.69 Å². The quantitative estimate of drug-likeness (QED) is 0.550. The number of aromatic nitrogens is 3. The Morgan fingerprint density at radius 3 is 2.55 bits per heavy atom. The smallest absolute Gasteiger partial charge is 0.255 e. The molecule has 3 aromatic carbocycles. The number of carbonyl (C=O) groups excluding carboxylic acids is 1. The fraction of sp³-hybridized carbons (Fsp3) is 0.0435. The fourth-order valence-corrected chi connectivity index (χ4v) is 3.18. The molecule has 0 atom stereocenters. The van der Waals surface area contributed by atoms with E-state index in [1.807, 2.05) is 30.5 Å². The Morgan fingerprint density at radius 2 is 1.77 bits per heavy atom. The van der Waals surface area contributed by atoms with Gasteiger partial charge in [-0.3, -0.25) is 4.79 Å². The highest BCUT2D eigenvalue weighted by atomic mass is 16.7. The van der Waals surface area contributed by atoms with Crippen molar-refractivity contribution in [3.05, 3.63) is 84.1 Å². The molecule has 0 saturated heterocycles. The number of rotatable bonds is 4. The lowest BCUT2D eigenvalue weighted by Gasteiger charge is -2.06. The molecule has 0 fully saturated rings. The average molecular weight is 409 g/mol. The summed E-state index contributed by atoms with van der Waals surface area (Å²) in [6.07, 6.45) is 1.81. The van der Waals surface area contributed by atoms with E-state index in [1.54, 1.807) is 47.1 Å². The lowest BCUT2D eigenvalue weighted by Crippen LogP contribution is -2.11. The topological polar surface area (TPSA) is 102 Å². The first-order valence-electron chi connectivity index (χ1n) is 9.44. The van der Waals surface area contributed by atoms with Gasteiger partial charge in [0.25, 0.3) is 5.91 Å². The summed E-state index contributed by atoms with van der Waals surface area (Å²) in [5.74, 6) is 0.959. The number of hydrogen-bond acceptors (Lipinski definition) is 6. The maximum atomic E-state index is 12.5. The van der Waals surface area contributed by atoms with E-state index in [0.29, 0.717) is 34.0 Å². The first-order valence-corrected chi connectivity index (χ1v) is 9.44. The Bertz CT molecular complexity index is 1300. The number of nitrogens with one attached hydrogen (secondary N) is 1. The summed E-state index contributed by atoms with van der Waals surface area (Å²) < 4.78 is 12.2. The minimum absolute atomic E-state index is 0.164. The zero-order valence-electron chi connectivity index (χ0n) is 16.1. The highest BCUT2D eigenvalue weighted by Crippen LogP contribution is 2.32. The molecule has 1 aliphatic rings. The van der Waals surface area contributed by atoms with Crippen molar-refractivity contribution in [1.29, 1.82) is 5.26 Å². The third-order valence-electron chi connectivity index (χ3n) is 4.83. The van der Waals surface area contributed by atoms with E-state index in [0.717, 1.165) is 11.3 Å². The molecule has 1 aliphatic heterocycles. The van der Waals surface area contributed by atoms with Gasteiger partial charge in [-0.25, -0.2) is 4.68 Å². The Hall–Kier alpha value is -4.64. The number of ether oxygens (including phenoxy) is 2. The van der Waals surface area contributed by atoms with Crippen LogP contribution in [0.1, 0.15) is 15.9 Å². The maximum absolute atomic E-state index is 12.5. The normalized spacial score (nSPS) is 11.7. The molecule has 0 aliphatic carbocycles. The summed E-state index contributed by atoms with van der Waals surface area (Å²) in [5.41, 5.74) is 4.09. The van der Waals surface area contributed by atoms with Crippen LogP contribution in [0.3, 0.4) is 0 Å². The molecule has 8 nitrogen and oxygen atoms in total. The molecule has 4 aromatic rings. The number of hydrogen-bond donors (Lipinski definition) is 1. The first-order chi connectivity index (χ1) is 15.2. The van der Waals surface area contributed by atoms with E-state index in [2.05, 4.69) is 21.7 Å². The zero-order valence-corrected chi connectivity index (χ0v) is 16.1. The summed E-state index contributed by atoms with van der Waals surface area (Å²) in [5, 5.41) is 20.1. The van der Waals surface area contributed by atoms with E-state index >= 15 is 0 Å². The molecule has 5 rings (SSSR count). The van der Waals surface area contributed by atoms with Gasteiger partial charge in [0.05, 0.1) is 23.5 Å². The van der Waals surface area contributed by atoms with Crippen molar-refractivity contribution in [1.82, 2.24) is 15.0 Å². The lowest BCUT2D eigenvalue weighted by atomic mass is 10.1. The van der Waals surface area contributed by atoms with E-state index in [4.69, 9.17) is 14.7 Å². The molecule has 1 aromatic heterocycles. The number of nitriles is 1. The van der Waals surface area contributed by atoms with Crippen LogP contribution in [0, 0.1) is 11.3 Å². The molecule has 0 radical (unpaired) electrons. The molecule has 31 heavy (non-hydrogen) atoms. The molecule has 150 valence electrons. The van der Waals surface area contributed by atoms with Crippen molar-refractivity contribution in [2.24, 2.45) is 0 Å². The van der Waals surface area contributed by atoms with Crippen molar-refractivity contribution in [2.75, 3.05) is 12.1 Å². The second-order valence-electron chi connectivity index (χ2n) is 6.81. The molecular weight excluding hydrogens is 394 g/mol. The second kappa shape index (κ2) is 7.65. The predicted octanol–water partition coefficient (Wildman–Crippen LogP) is 3.79. The van der Waals surface area contributed by atoms with Gasteiger partial charge in [-0.15, -0.1) is 5.10 Å². The number of fused-ring (bicyclic) bond motifs is 1. The number of nitrogens with zero attached hydrogens (tertiary/aromatic N) is 4. The summed E-state index contributed by atoms with van der Waals surface area (Å²) in [6.45, 7) is 0.164. The molecule has 0 spiro atoms. The van der Waals surface area contributed by atoms with Crippen LogP contribution in [0.2, 0.25) is 0 Å². The second-order valence-corrected chi connectivity index (χ2v) is 6.81. The van der Waals surface area contributed by atoms with Crippen LogP contribution in [-0.2, 0) is 0 Å². The van der Waals surface area contributed by atoms with Gasteiger partial charge in [0, 0.05) is 16.8 Å². The van der Waals surface area contributed by atoms with Crippen LogP contribution in [0.15, 0.2) is 72.9 Å². The maximum Gasteiger partial charge on any atom is 0.255 e. The van der Waals surface area contributed by atoms with Crippen LogP contribution in [-0.4, -0.2) is 27.7 Å². The van der Waals surface area contributed by atoms with Gasteiger partial charge in [-0.1, -0.05) is 17.3 Å². The van der Waals surface area contributed by atoms with Gasteiger partial charge >= 0.3 is 0 Å². The van der Waals surface area contributed by atoms with Crippen molar-refractivity contribution in [3.8, 4) is 34.5 Å². The average Bonchev–Trinajstić information content (AvgIpc) is 3.49. The van der Waals surface area contributed by atoms with Crippen LogP contribution in [0.25, 0.3) is 16.9 Å². The number of amides is 1. The third-order valence-corrected chi connectivity index (χ3v) is 4.83. The molecule has 2 heterocycles. The van der Waals surface area contributed by atoms with Gasteiger partial charge in [0.2, 0.25) is 6.79 Å². The first kappa shape index (κ1) is 18.4. The van der Waals surface area contributed by atoms with E-state index in [-0.39, 0.29) is 12.7 Å². The third kappa shape index (κ3) is 3.68. The largest absolute Gasteiger partial charge is 0.454 e. The summed E-state index contributed by atoms with van der Waals surface area (Å²) >= 11 is 0. The molecule has 8 heteroatoms. The number of benzene rings is 3. The molecular formula is C23H15N5O3. The molecule has 1 amide bonds. The minimum Gasteiger partial charge on any atom is -0.454 e. The minimum atomic E-state index is -0.238. The highest BCUT2D eigenvalue weighted by Gasteiger charge is 2.16. The Labute approximate surface area is 177 Å². The standard InChI is InChI=1S/C23H15N5O3/c24-12-15-1-8-19(9-2-15)28-13-20(26-27-28)16-3-6-18(7-4-16)25-23(29)17-5-10-21-22(11-17)31-14-30-21/h1-11,13H,14H2,(H,25,29). The van der Waals surface area contributed by atoms with E-state index in [1.165, 1.54) is 0 Å². The van der Waals surface area contributed by atoms with Crippen LogP contribution in [0.5, 0.6) is 11.5 Å². The number of anilines is 1. The molecule has 1 N–H and O–H groups in total. The van der Waals surface area contributed by atoms with Crippen molar-refractivity contribution in [2.45, 2.75) is 0 Å². The SMILES string of the molecule is N#Cc1ccc(-n2cc(-c3ccc(NC(=O)c4ccc5c(c4)OCO5)cc3)nn2)cc1. The number of carbonyl (C=O) groups is 1. The molecule has 0 saturated carbocycles. The van der Waals surface area contributed by atoms with Gasteiger partial charge in [0.1, 0.15) is 5.69 Å². The molecule has 0 bridgehead atoms. The fourth-order valence-electron chi connectivity index (χ4n) is 3.18. The van der Waals surface area contributed by atoms with Crippen LogP contribution < -0.4 is 14.8 Å². The molecule has 0 unspecified atom stereocenters. The van der Waals surface area contributed by atoms with Crippen molar-refractivity contribution in [3.63, 3.8) is 0 Å². The van der Waals surface area contributed by atoms with Gasteiger partial charge in [0.15, 0.2) is 11.5 Å². The Morgan fingerprint density at radius 1 is 1.00 bits per heavy atom. The lowest BCUT2D eigenvalue weighted by molar-refractivity contribution is 0.102. The highest BCUT2D eigenvalue weighted by molar-refractivity contribution is 6.04. The predicted molar refractivity (Wildman–Crippen MR) is 112 cm³/mol. The summed E-state index contributed by atoms with van der Waals surface area (Å²) in [7, 11) is 0. The Balaban J connectivity index is 1.29. The summed E-state index contributed by atoms with van der Waals surface area (Å²) in [6, 6.07) is 21.6. The Kier molecular flexibility index (Phi) is 4.54. The van der Waals surface area contributed by atoms with Gasteiger partial charge in [-0.05, 0) is 54.6 Å². The summed E-state index contributed by atoms with van der Waals surface area (Å²) in [4.78, 5) is 12.5. The van der Waals surface area contributed by atoms with E-state index in [9.17, 15) is 4.79 Å².